The van der Waals surface area contributed by atoms with Gasteiger partial charge in [-0.15, -0.1) is 0 Å². The van der Waals surface area contributed by atoms with Crippen molar-refractivity contribution in [2.45, 2.75) is 52.0 Å². The van der Waals surface area contributed by atoms with Crippen LogP contribution in [0.5, 0.6) is 0 Å². The number of nitrogens with zero attached hydrogens (tertiary/aromatic N) is 1. The maximum Gasteiger partial charge on any atom is 0.0924 e. The Labute approximate surface area is 87.7 Å². The van der Waals surface area contributed by atoms with E-state index in [9.17, 15) is 0 Å². The van der Waals surface area contributed by atoms with Gasteiger partial charge in [-0.25, -0.2) is 0 Å². The van der Waals surface area contributed by atoms with Gasteiger partial charge in [0.05, 0.1) is 12.1 Å². The van der Waals surface area contributed by atoms with Crippen LogP contribution in [0.1, 0.15) is 46.0 Å². The molecule has 0 bridgehead atoms. The first-order valence-corrected chi connectivity index (χ1v) is 5.89. The average Bonchev–Trinajstić information content (AvgIpc) is 2.26. The third-order valence-corrected chi connectivity index (χ3v) is 3.45. The molecule has 1 aliphatic carbocycles. The smallest absolute Gasteiger partial charge is 0.0924 e. The molecule has 1 saturated carbocycles. The zero-order chi connectivity index (χ0) is 10.4. The number of nitriles is 1. The van der Waals surface area contributed by atoms with Crippen LogP contribution in [0.25, 0.3) is 0 Å². The largest absolute Gasteiger partial charge is 0.302 e. The Hall–Kier alpha value is -0.550. The molecule has 0 saturated heterocycles. The predicted octanol–water partition coefficient (Wildman–Crippen LogP) is 2.70. The average molecular weight is 194 g/mol. The fraction of sp³-hybridized carbons (Fsp3) is 0.917. The van der Waals surface area contributed by atoms with E-state index in [1.165, 1.54) is 32.1 Å². The topological polar surface area (TPSA) is 35.8 Å². The van der Waals surface area contributed by atoms with Gasteiger partial charge in [-0.2, -0.15) is 5.26 Å². The highest BCUT2D eigenvalue weighted by Crippen LogP contribution is 2.30. The summed E-state index contributed by atoms with van der Waals surface area (Å²) in [5, 5.41) is 11.9. The van der Waals surface area contributed by atoms with Crippen LogP contribution in [0, 0.1) is 23.2 Å². The lowest BCUT2D eigenvalue weighted by molar-refractivity contribution is 0.261. The highest BCUT2D eigenvalue weighted by Gasteiger charge is 2.19. The van der Waals surface area contributed by atoms with E-state index in [4.69, 9.17) is 5.26 Å². The normalized spacial score (nSPS) is 29.5. The molecule has 0 aliphatic heterocycles. The van der Waals surface area contributed by atoms with Crippen molar-refractivity contribution >= 4 is 0 Å². The van der Waals surface area contributed by atoms with Crippen LogP contribution in [0.3, 0.4) is 0 Å². The predicted molar refractivity (Wildman–Crippen MR) is 58.8 cm³/mol. The molecular formula is C12H22N2. The molecule has 1 aliphatic rings. The van der Waals surface area contributed by atoms with Crippen molar-refractivity contribution in [2.24, 2.45) is 11.8 Å². The van der Waals surface area contributed by atoms with Crippen molar-refractivity contribution < 1.29 is 0 Å². The molecule has 1 fully saturated rings. The van der Waals surface area contributed by atoms with E-state index in [-0.39, 0.29) is 6.04 Å². The van der Waals surface area contributed by atoms with Crippen molar-refractivity contribution in [2.75, 3.05) is 6.54 Å². The summed E-state index contributed by atoms with van der Waals surface area (Å²) in [6.45, 7) is 5.25. The minimum atomic E-state index is 0.0129. The Bertz CT molecular complexity index is 187. The Kier molecular flexibility index (Phi) is 4.97. The van der Waals surface area contributed by atoms with Crippen LogP contribution in [-0.4, -0.2) is 12.6 Å². The summed E-state index contributed by atoms with van der Waals surface area (Å²) in [4.78, 5) is 0. The molecule has 0 amide bonds. The lowest BCUT2D eigenvalue weighted by Gasteiger charge is -2.28. The highest BCUT2D eigenvalue weighted by atomic mass is 14.9. The first-order valence-electron chi connectivity index (χ1n) is 5.89. The standard InChI is InChI=1S/C12H22N2/c1-3-11-4-6-12(7-5-11)9-14-10(2)8-13/h10-12,14H,3-7,9H2,1-2H3. The highest BCUT2D eigenvalue weighted by molar-refractivity contribution is 4.86. The SMILES string of the molecule is CCC1CCC(CNC(C)C#N)CC1. The van der Waals surface area contributed by atoms with Crippen molar-refractivity contribution in [3.63, 3.8) is 0 Å². The zero-order valence-electron chi connectivity index (χ0n) is 9.42. The summed E-state index contributed by atoms with van der Waals surface area (Å²) < 4.78 is 0. The number of hydrogen-bond acceptors (Lipinski definition) is 2. The molecule has 1 unspecified atom stereocenters. The van der Waals surface area contributed by atoms with E-state index >= 15 is 0 Å². The fourth-order valence-corrected chi connectivity index (χ4v) is 2.23. The van der Waals surface area contributed by atoms with Gasteiger partial charge in [-0.05, 0) is 38.1 Å². The van der Waals surface area contributed by atoms with E-state index in [1.807, 2.05) is 6.92 Å². The number of rotatable bonds is 4. The molecule has 0 aromatic carbocycles. The van der Waals surface area contributed by atoms with Gasteiger partial charge < -0.3 is 5.32 Å². The first kappa shape index (κ1) is 11.5. The quantitative estimate of drug-likeness (QED) is 0.747. The van der Waals surface area contributed by atoms with Crippen LogP contribution < -0.4 is 5.32 Å². The molecule has 2 nitrogen and oxygen atoms in total. The van der Waals surface area contributed by atoms with Gasteiger partial charge in [0.25, 0.3) is 0 Å². The van der Waals surface area contributed by atoms with Crippen LogP contribution in [0.2, 0.25) is 0 Å². The molecule has 0 heterocycles. The van der Waals surface area contributed by atoms with Crippen molar-refractivity contribution in [3.05, 3.63) is 0 Å². The van der Waals surface area contributed by atoms with E-state index in [2.05, 4.69) is 18.3 Å². The molecule has 0 aromatic heterocycles. The van der Waals surface area contributed by atoms with E-state index < -0.39 is 0 Å². The van der Waals surface area contributed by atoms with Crippen LogP contribution in [0.4, 0.5) is 0 Å². The third-order valence-electron chi connectivity index (χ3n) is 3.45. The first-order chi connectivity index (χ1) is 6.76. The second-order valence-electron chi connectivity index (χ2n) is 4.55. The zero-order valence-corrected chi connectivity index (χ0v) is 9.42. The number of hydrogen-bond donors (Lipinski definition) is 1. The van der Waals surface area contributed by atoms with Gasteiger partial charge >= 0.3 is 0 Å². The fourth-order valence-electron chi connectivity index (χ4n) is 2.23. The molecular weight excluding hydrogens is 172 g/mol. The van der Waals surface area contributed by atoms with E-state index in [1.54, 1.807) is 0 Å². The van der Waals surface area contributed by atoms with Crippen LogP contribution in [0.15, 0.2) is 0 Å². The Balaban J connectivity index is 2.13. The van der Waals surface area contributed by atoms with E-state index in [0.29, 0.717) is 0 Å². The maximum absolute atomic E-state index is 8.63. The molecule has 1 atom stereocenters. The minimum absolute atomic E-state index is 0.0129. The number of nitrogens with one attached hydrogen (secondary N) is 1. The monoisotopic (exact) mass is 194 g/mol. The molecule has 0 radical (unpaired) electrons. The molecule has 0 spiro atoms. The summed E-state index contributed by atoms with van der Waals surface area (Å²) in [6, 6.07) is 2.23. The second-order valence-corrected chi connectivity index (χ2v) is 4.55. The third kappa shape index (κ3) is 3.67. The van der Waals surface area contributed by atoms with Gasteiger partial charge in [0.1, 0.15) is 0 Å². The van der Waals surface area contributed by atoms with Gasteiger partial charge in [0, 0.05) is 0 Å². The van der Waals surface area contributed by atoms with Gasteiger partial charge in [-0.1, -0.05) is 26.2 Å². The van der Waals surface area contributed by atoms with Gasteiger partial charge in [0.2, 0.25) is 0 Å². The summed E-state index contributed by atoms with van der Waals surface area (Å²) >= 11 is 0. The van der Waals surface area contributed by atoms with Crippen LogP contribution >= 0.6 is 0 Å². The summed E-state index contributed by atoms with van der Waals surface area (Å²) in [7, 11) is 0. The molecule has 1 rings (SSSR count). The molecule has 14 heavy (non-hydrogen) atoms. The lowest BCUT2D eigenvalue weighted by Crippen LogP contribution is -2.31. The van der Waals surface area contributed by atoms with Crippen molar-refractivity contribution in [1.29, 1.82) is 5.26 Å². The van der Waals surface area contributed by atoms with E-state index in [0.717, 1.165) is 18.4 Å². The lowest BCUT2D eigenvalue weighted by atomic mass is 9.81. The summed E-state index contributed by atoms with van der Waals surface area (Å²) in [6.07, 6.45) is 6.83. The van der Waals surface area contributed by atoms with Crippen molar-refractivity contribution in [3.8, 4) is 6.07 Å². The second kappa shape index (κ2) is 6.03. The minimum Gasteiger partial charge on any atom is -0.302 e. The van der Waals surface area contributed by atoms with Gasteiger partial charge in [0.15, 0.2) is 0 Å². The van der Waals surface area contributed by atoms with Gasteiger partial charge in [-0.3, -0.25) is 0 Å². The summed E-state index contributed by atoms with van der Waals surface area (Å²) in [5.41, 5.74) is 0. The molecule has 80 valence electrons. The maximum atomic E-state index is 8.63. The molecule has 1 N–H and O–H groups in total. The van der Waals surface area contributed by atoms with Crippen LogP contribution in [-0.2, 0) is 0 Å². The summed E-state index contributed by atoms with van der Waals surface area (Å²) in [5.74, 6) is 1.79. The molecule has 0 aromatic rings. The Morgan fingerprint density at radius 2 is 1.86 bits per heavy atom. The Morgan fingerprint density at radius 3 is 2.36 bits per heavy atom. The van der Waals surface area contributed by atoms with Crippen molar-refractivity contribution in [1.82, 2.24) is 5.32 Å². The molecule has 2 heteroatoms. The Morgan fingerprint density at radius 1 is 1.29 bits per heavy atom.